The van der Waals surface area contributed by atoms with Crippen LogP contribution in [0.25, 0.3) is 33.5 Å². The molecule has 212 valence electrons. The fraction of sp³-hybridized carbons (Fsp3) is 0.167. The monoisotopic (exact) mass is 567 g/mol. The van der Waals surface area contributed by atoms with Crippen LogP contribution in [0, 0.1) is 6.92 Å². The lowest BCUT2D eigenvalue weighted by molar-refractivity contribution is -0.303. The van der Waals surface area contributed by atoms with E-state index in [0.717, 1.165) is 16.7 Å². The van der Waals surface area contributed by atoms with Crippen molar-refractivity contribution >= 4 is 17.0 Å². The third kappa shape index (κ3) is 5.12. The third-order valence-corrected chi connectivity index (χ3v) is 6.58. The summed E-state index contributed by atoms with van der Waals surface area (Å²) in [4.78, 5) is 33.0. The lowest BCUT2D eigenvalue weighted by atomic mass is 9.98. The molecule has 0 bridgehead atoms. The first-order valence-electron chi connectivity index (χ1n) is 13.0. The molecule has 0 aliphatic heterocycles. The average molecular weight is 568 g/mol. The topological polar surface area (TPSA) is 159 Å². The van der Waals surface area contributed by atoms with E-state index in [4.69, 9.17) is 18.3 Å². The van der Waals surface area contributed by atoms with Crippen LogP contribution in [-0.2, 0) is 17.9 Å². The van der Waals surface area contributed by atoms with Crippen LogP contribution in [0.1, 0.15) is 34.4 Å². The van der Waals surface area contributed by atoms with Gasteiger partial charge in [0.1, 0.15) is 0 Å². The predicted octanol–water partition coefficient (Wildman–Crippen LogP) is 4.49. The highest BCUT2D eigenvalue weighted by atomic mass is 16.6. The van der Waals surface area contributed by atoms with Crippen molar-refractivity contribution in [3.8, 4) is 34.6 Å². The predicted molar refractivity (Wildman–Crippen MR) is 146 cm³/mol. The Morgan fingerprint density at radius 1 is 0.976 bits per heavy atom. The Morgan fingerprint density at radius 3 is 2.45 bits per heavy atom. The molecule has 0 atom stereocenters. The molecule has 42 heavy (non-hydrogen) atoms. The van der Waals surface area contributed by atoms with E-state index in [0.29, 0.717) is 35.8 Å². The molecule has 3 aromatic carbocycles. The molecule has 0 N–H and O–H groups in total. The maximum Gasteiger partial charge on any atom is 0.519 e. The SMILES string of the molecule is CCOc1nc2cccc(C(=O)OCc3oc(=O)oc3C)c2n1Cc1ccc(-c2ccccc2-c2noc([O-])n2)cc1. The Labute approximate surface area is 237 Å². The van der Waals surface area contributed by atoms with Gasteiger partial charge >= 0.3 is 11.8 Å². The van der Waals surface area contributed by atoms with Crippen molar-refractivity contribution in [3.63, 3.8) is 0 Å². The number of hydrogen-bond donors (Lipinski definition) is 0. The molecule has 6 aromatic rings. The van der Waals surface area contributed by atoms with Gasteiger partial charge in [-0.3, -0.25) is 4.57 Å². The minimum absolute atomic E-state index is 0.138. The second kappa shape index (κ2) is 11.1. The van der Waals surface area contributed by atoms with Crippen LogP contribution >= 0.6 is 0 Å². The van der Waals surface area contributed by atoms with E-state index in [1.54, 1.807) is 25.1 Å². The van der Waals surface area contributed by atoms with Crippen molar-refractivity contribution < 1.29 is 32.7 Å². The van der Waals surface area contributed by atoms with E-state index in [1.165, 1.54) is 0 Å². The fourth-order valence-corrected chi connectivity index (χ4v) is 4.65. The number of aromatic nitrogens is 4. The van der Waals surface area contributed by atoms with Gasteiger partial charge in [0.2, 0.25) is 0 Å². The largest absolute Gasteiger partial charge is 0.528 e. The number of nitrogens with zero attached hydrogens (tertiary/aromatic N) is 4. The van der Waals surface area contributed by atoms with Crippen molar-refractivity contribution in [2.24, 2.45) is 0 Å². The molecule has 12 heteroatoms. The first-order chi connectivity index (χ1) is 20.4. The van der Waals surface area contributed by atoms with Crippen molar-refractivity contribution in [2.45, 2.75) is 27.0 Å². The molecule has 0 unspecified atom stereocenters. The molecule has 0 aliphatic rings. The zero-order valence-electron chi connectivity index (χ0n) is 22.5. The van der Waals surface area contributed by atoms with Crippen molar-refractivity contribution in [1.29, 1.82) is 0 Å². The van der Waals surface area contributed by atoms with Gasteiger partial charge in [-0.05, 0) is 42.7 Å². The maximum absolute atomic E-state index is 13.2. The number of esters is 1. The molecule has 0 fully saturated rings. The van der Waals surface area contributed by atoms with Gasteiger partial charge in [-0.2, -0.15) is 10.1 Å². The Hall–Kier alpha value is -5.65. The summed E-state index contributed by atoms with van der Waals surface area (Å²) in [6.07, 6.45) is -0.751. The lowest BCUT2D eigenvalue weighted by Gasteiger charge is -2.13. The normalized spacial score (nSPS) is 11.2. The molecule has 12 nitrogen and oxygen atoms in total. The molecule has 0 saturated carbocycles. The van der Waals surface area contributed by atoms with E-state index in [2.05, 4.69) is 19.6 Å². The highest BCUT2D eigenvalue weighted by molar-refractivity contribution is 6.02. The fourth-order valence-electron chi connectivity index (χ4n) is 4.65. The summed E-state index contributed by atoms with van der Waals surface area (Å²) >= 11 is 0. The van der Waals surface area contributed by atoms with E-state index in [-0.39, 0.29) is 29.5 Å². The number of hydrogen-bond acceptors (Lipinski definition) is 11. The number of imidazole rings is 1. The molecule has 6 rings (SSSR count). The summed E-state index contributed by atoms with van der Waals surface area (Å²) in [5.74, 6) is -0.884. The molecular weight excluding hydrogens is 544 g/mol. The molecule has 3 heterocycles. The zero-order chi connectivity index (χ0) is 29.2. The summed E-state index contributed by atoms with van der Waals surface area (Å²) in [6, 6.07) is 20.7. The Bertz CT molecular complexity index is 1950. The van der Waals surface area contributed by atoms with E-state index in [9.17, 15) is 14.7 Å². The van der Waals surface area contributed by atoms with Crippen molar-refractivity contribution in [2.75, 3.05) is 6.61 Å². The van der Waals surface area contributed by atoms with Crippen LogP contribution in [0.2, 0.25) is 0 Å². The zero-order valence-corrected chi connectivity index (χ0v) is 22.5. The maximum atomic E-state index is 13.2. The molecule has 0 spiro atoms. The van der Waals surface area contributed by atoms with Gasteiger partial charge in [0.05, 0.1) is 29.7 Å². The van der Waals surface area contributed by atoms with Gasteiger partial charge < -0.3 is 27.9 Å². The standard InChI is InChI=1S/C30H24N4O8/c1-3-38-28-31-23-10-6-9-22(27(35)39-16-24-17(2)40-30(37)41-24)25(23)34(28)15-18-11-13-19(14-12-18)20-7-4-5-8-21(20)26-32-29(36)42-33-26/h4-14H,3,15-16H2,1-2H3,(H,32,33,36)/p-1. The first kappa shape index (κ1) is 26.6. The van der Waals surface area contributed by atoms with Gasteiger partial charge in [0.25, 0.3) is 6.01 Å². The van der Waals surface area contributed by atoms with Gasteiger partial charge in [-0.25, -0.2) is 14.6 Å². The van der Waals surface area contributed by atoms with Gasteiger partial charge in [-0.1, -0.05) is 54.6 Å². The summed E-state index contributed by atoms with van der Waals surface area (Å²) in [6.45, 7) is 3.86. The van der Waals surface area contributed by atoms with Crippen LogP contribution in [0.3, 0.4) is 0 Å². The van der Waals surface area contributed by atoms with Crippen LogP contribution in [0.4, 0.5) is 0 Å². The average Bonchev–Trinajstić information content (AvgIpc) is 3.68. The molecule has 0 radical (unpaired) electrons. The molecule has 0 aliphatic carbocycles. The Morgan fingerprint density at radius 2 is 1.76 bits per heavy atom. The van der Waals surface area contributed by atoms with Crippen LogP contribution in [0.5, 0.6) is 12.1 Å². The number of rotatable bonds is 9. The summed E-state index contributed by atoms with van der Waals surface area (Å²) < 4.78 is 27.5. The molecular formula is C30H23N4O8-. The van der Waals surface area contributed by atoms with Crippen LogP contribution in [-0.4, -0.2) is 32.3 Å². The van der Waals surface area contributed by atoms with E-state index < -0.39 is 17.9 Å². The summed E-state index contributed by atoms with van der Waals surface area (Å²) in [5.41, 5.74) is 4.68. The van der Waals surface area contributed by atoms with Gasteiger partial charge in [0, 0.05) is 5.56 Å². The number of carbonyl (C=O) groups excluding carboxylic acids is 1. The summed E-state index contributed by atoms with van der Waals surface area (Å²) in [7, 11) is 0. The van der Waals surface area contributed by atoms with E-state index >= 15 is 0 Å². The second-order valence-corrected chi connectivity index (χ2v) is 9.22. The number of carbonyl (C=O) groups is 1. The van der Waals surface area contributed by atoms with Crippen LogP contribution in [0.15, 0.2) is 84.9 Å². The highest BCUT2D eigenvalue weighted by Gasteiger charge is 2.21. The minimum Gasteiger partial charge on any atom is -0.528 e. The number of para-hydroxylation sites is 1. The number of ether oxygens (including phenoxy) is 2. The number of fused-ring (bicyclic) bond motifs is 1. The lowest BCUT2D eigenvalue weighted by Crippen LogP contribution is -2.10. The molecule has 3 aromatic heterocycles. The van der Waals surface area contributed by atoms with Crippen LogP contribution < -0.4 is 15.7 Å². The second-order valence-electron chi connectivity index (χ2n) is 9.22. The van der Waals surface area contributed by atoms with E-state index in [1.807, 2.05) is 60.0 Å². The minimum atomic E-state index is -0.860. The Balaban J connectivity index is 1.31. The van der Waals surface area contributed by atoms with Gasteiger partial charge in [-0.15, -0.1) is 0 Å². The smallest absolute Gasteiger partial charge is 0.519 e. The summed E-state index contributed by atoms with van der Waals surface area (Å²) in [5, 5.41) is 15.2. The van der Waals surface area contributed by atoms with Gasteiger partial charge in [0.15, 0.2) is 30.0 Å². The van der Waals surface area contributed by atoms with Crippen molar-refractivity contribution in [3.05, 3.63) is 100.0 Å². The highest BCUT2D eigenvalue weighted by Crippen LogP contribution is 2.32. The Kier molecular flexibility index (Phi) is 7.01. The molecule has 0 amide bonds. The number of benzene rings is 3. The molecule has 0 saturated heterocycles. The number of aryl methyl sites for hydroxylation is 1. The first-order valence-corrected chi connectivity index (χ1v) is 13.0. The van der Waals surface area contributed by atoms with Crippen molar-refractivity contribution in [1.82, 2.24) is 19.7 Å². The quantitative estimate of drug-likeness (QED) is 0.227. The third-order valence-electron chi connectivity index (χ3n) is 6.58.